The summed E-state index contributed by atoms with van der Waals surface area (Å²) < 4.78 is 38.1. The van der Waals surface area contributed by atoms with Gasteiger partial charge in [-0.25, -0.2) is 4.39 Å². The summed E-state index contributed by atoms with van der Waals surface area (Å²) >= 11 is 0. The van der Waals surface area contributed by atoms with Crippen molar-refractivity contribution in [1.82, 2.24) is 0 Å². The second-order valence-corrected chi connectivity index (χ2v) is 2.45. The SMILES string of the molecule is NC(=O)C(F)(F)c1cccc(F)c1. The lowest BCUT2D eigenvalue weighted by Gasteiger charge is -2.11. The molecule has 0 aliphatic carbocycles. The van der Waals surface area contributed by atoms with Gasteiger partial charge >= 0.3 is 5.92 Å². The van der Waals surface area contributed by atoms with Crippen molar-refractivity contribution in [3.63, 3.8) is 0 Å². The zero-order valence-corrected chi connectivity index (χ0v) is 6.43. The highest BCUT2D eigenvalue weighted by Gasteiger charge is 2.38. The molecular formula is C8H6F3NO. The largest absolute Gasteiger partial charge is 0.364 e. The van der Waals surface area contributed by atoms with Gasteiger partial charge in [0.05, 0.1) is 0 Å². The summed E-state index contributed by atoms with van der Waals surface area (Å²) in [4.78, 5) is 10.3. The van der Waals surface area contributed by atoms with Crippen molar-refractivity contribution >= 4 is 5.91 Å². The molecule has 1 aromatic carbocycles. The van der Waals surface area contributed by atoms with Crippen LogP contribution in [0.2, 0.25) is 0 Å². The molecule has 0 aromatic heterocycles. The molecule has 0 spiro atoms. The summed E-state index contributed by atoms with van der Waals surface area (Å²) in [7, 11) is 0. The van der Waals surface area contributed by atoms with Crippen LogP contribution >= 0.6 is 0 Å². The molecule has 0 saturated carbocycles. The topological polar surface area (TPSA) is 43.1 Å². The minimum absolute atomic E-state index is 0.574. The minimum atomic E-state index is -3.82. The van der Waals surface area contributed by atoms with E-state index in [0.29, 0.717) is 6.07 Å². The second kappa shape index (κ2) is 3.08. The number of halogens is 3. The number of rotatable bonds is 2. The summed E-state index contributed by atoms with van der Waals surface area (Å²) in [5.74, 6) is -6.45. The Morgan fingerprint density at radius 1 is 1.38 bits per heavy atom. The zero-order chi connectivity index (χ0) is 10.1. The van der Waals surface area contributed by atoms with E-state index in [9.17, 15) is 18.0 Å². The number of alkyl halides is 2. The quantitative estimate of drug-likeness (QED) is 0.750. The van der Waals surface area contributed by atoms with Gasteiger partial charge in [-0.15, -0.1) is 0 Å². The number of amides is 1. The van der Waals surface area contributed by atoms with E-state index in [0.717, 1.165) is 18.2 Å². The van der Waals surface area contributed by atoms with Crippen LogP contribution in [0.15, 0.2) is 24.3 Å². The average Bonchev–Trinajstić information content (AvgIpc) is 2.04. The molecule has 0 bridgehead atoms. The van der Waals surface area contributed by atoms with Crippen molar-refractivity contribution in [3.8, 4) is 0 Å². The number of nitrogens with two attached hydrogens (primary N) is 1. The Hall–Kier alpha value is -1.52. The third-order valence-electron chi connectivity index (χ3n) is 1.50. The maximum atomic E-state index is 12.8. The molecule has 0 aliphatic rings. The van der Waals surface area contributed by atoms with Crippen LogP contribution < -0.4 is 5.73 Å². The summed E-state index contributed by atoms with van der Waals surface area (Å²) in [6, 6.07) is 3.60. The van der Waals surface area contributed by atoms with Crippen LogP contribution in [0.3, 0.4) is 0 Å². The van der Waals surface area contributed by atoms with Gasteiger partial charge < -0.3 is 5.73 Å². The van der Waals surface area contributed by atoms with Crippen molar-refractivity contribution in [2.45, 2.75) is 5.92 Å². The number of primary amides is 1. The second-order valence-electron chi connectivity index (χ2n) is 2.45. The van der Waals surface area contributed by atoms with Crippen LogP contribution in [0.25, 0.3) is 0 Å². The Morgan fingerprint density at radius 2 is 2.00 bits per heavy atom. The normalized spacial score (nSPS) is 11.3. The average molecular weight is 189 g/mol. The van der Waals surface area contributed by atoms with Gasteiger partial charge in [0.1, 0.15) is 5.82 Å². The first kappa shape index (κ1) is 9.57. The molecule has 13 heavy (non-hydrogen) atoms. The molecule has 1 aromatic rings. The minimum Gasteiger partial charge on any atom is -0.364 e. The molecule has 0 heterocycles. The third kappa shape index (κ3) is 1.80. The van der Waals surface area contributed by atoms with E-state index in [1.165, 1.54) is 0 Å². The molecule has 0 fully saturated rings. The van der Waals surface area contributed by atoms with Crippen LogP contribution in [0.5, 0.6) is 0 Å². The molecule has 0 atom stereocenters. The molecule has 5 heteroatoms. The van der Waals surface area contributed by atoms with Crippen molar-refractivity contribution in [1.29, 1.82) is 0 Å². The maximum absolute atomic E-state index is 12.8. The van der Waals surface area contributed by atoms with E-state index in [4.69, 9.17) is 0 Å². The zero-order valence-electron chi connectivity index (χ0n) is 6.43. The number of carbonyl (C=O) groups excluding carboxylic acids is 1. The standard InChI is InChI=1S/C8H6F3NO/c9-6-3-1-2-5(4-6)8(10,11)7(12)13/h1-4H,(H2,12,13). The summed E-state index contributed by atoms with van der Waals surface area (Å²) in [6.07, 6.45) is 0. The van der Waals surface area contributed by atoms with Gasteiger partial charge in [-0.2, -0.15) is 8.78 Å². The van der Waals surface area contributed by atoms with Gasteiger partial charge in [-0.3, -0.25) is 4.79 Å². The Balaban J connectivity index is 3.14. The maximum Gasteiger partial charge on any atom is 0.349 e. The molecule has 2 nitrogen and oxygen atoms in total. The highest BCUT2D eigenvalue weighted by atomic mass is 19.3. The first-order valence-corrected chi connectivity index (χ1v) is 3.38. The van der Waals surface area contributed by atoms with Gasteiger partial charge in [0, 0.05) is 5.56 Å². The van der Waals surface area contributed by atoms with Crippen molar-refractivity contribution < 1.29 is 18.0 Å². The lowest BCUT2D eigenvalue weighted by molar-refractivity contribution is -0.143. The van der Waals surface area contributed by atoms with Gasteiger partial charge in [-0.05, 0) is 12.1 Å². The van der Waals surface area contributed by atoms with E-state index in [2.05, 4.69) is 5.73 Å². The molecule has 1 rings (SSSR count). The highest BCUT2D eigenvalue weighted by molar-refractivity contribution is 5.82. The van der Waals surface area contributed by atoms with Gasteiger partial charge in [0.25, 0.3) is 5.91 Å². The first-order chi connectivity index (χ1) is 5.94. The third-order valence-corrected chi connectivity index (χ3v) is 1.50. The molecule has 0 aliphatic heterocycles. The van der Waals surface area contributed by atoms with Gasteiger partial charge in [-0.1, -0.05) is 12.1 Å². The van der Waals surface area contributed by atoms with Crippen LogP contribution in [0.1, 0.15) is 5.56 Å². The predicted octanol–water partition coefficient (Wildman–Crippen LogP) is 1.40. The Kier molecular flexibility index (Phi) is 2.27. The lowest BCUT2D eigenvalue weighted by Crippen LogP contribution is -2.32. The summed E-state index contributed by atoms with van der Waals surface area (Å²) in [5, 5.41) is 0. The fourth-order valence-electron chi connectivity index (χ4n) is 0.826. The number of carbonyl (C=O) groups is 1. The Bertz CT molecular complexity index is 338. The van der Waals surface area contributed by atoms with Crippen LogP contribution in [0.4, 0.5) is 13.2 Å². The summed E-state index contributed by atoms with van der Waals surface area (Å²) in [5.41, 5.74) is 3.70. The van der Waals surface area contributed by atoms with E-state index in [1.807, 2.05) is 0 Å². The predicted molar refractivity (Wildman–Crippen MR) is 39.5 cm³/mol. The molecule has 0 radical (unpaired) electrons. The van der Waals surface area contributed by atoms with E-state index >= 15 is 0 Å². The lowest BCUT2D eigenvalue weighted by atomic mass is 10.1. The van der Waals surface area contributed by atoms with Gasteiger partial charge in [0.2, 0.25) is 0 Å². The molecule has 2 N–H and O–H groups in total. The first-order valence-electron chi connectivity index (χ1n) is 3.38. The number of hydrogen-bond donors (Lipinski definition) is 1. The molecular weight excluding hydrogens is 183 g/mol. The molecule has 70 valence electrons. The highest BCUT2D eigenvalue weighted by Crippen LogP contribution is 2.27. The molecule has 0 saturated heterocycles. The monoisotopic (exact) mass is 189 g/mol. The molecule has 0 unspecified atom stereocenters. The van der Waals surface area contributed by atoms with E-state index in [-0.39, 0.29) is 0 Å². The number of hydrogen-bond acceptors (Lipinski definition) is 1. The van der Waals surface area contributed by atoms with Gasteiger partial charge in [0.15, 0.2) is 0 Å². The molecule has 1 amide bonds. The van der Waals surface area contributed by atoms with Crippen molar-refractivity contribution in [3.05, 3.63) is 35.6 Å². The Morgan fingerprint density at radius 3 is 2.46 bits per heavy atom. The summed E-state index contributed by atoms with van der Waals surface area (Å²) in [6.45, 7) is 0. The van der Waals surface area contributed by atoms with E-state index in [1.54, 1.807) is 0 Å². The smallest absolute Gasteiger partial charge is 0.349 e. The Labute approximate surface area is 72.2 Å². The van der Waals surface area contributed by atoms with Crippen LogP contribution in [0, 0.1) is 5.82 Å². The fraction of sp³-hybridized carbons (Fsp3) is 0.125. The number of benzene rings is 1. The van der Waals surface area contributed by atoms with Crippen molar-refractivity contribution in [2.75, 3.05) is 0 Å². The van der Waals surface area contributed by atoms with Crippen molar-refractivity contribution in [2.24, 2.45) is 5.73 Å². The van der Waals surface area contributed by atoms with E-state index < -0.39 is 23.2 Å². The van der Waals surface area contributed by atoms with Crippen LogP contribution in [-0.4, -0.2) is 5.91 Å². The fourth-order valence-corrected chi connectivity index (χ4v) is 0.826. The van der Waals surface area contributed by atoms with Crippen LogP contribution in [-0.2, 0) is 10.7 Å².